The number of fused-ring (bicyclic) bond motifs is 15. The van der Waals surface area contributed by atoms with Crippen LogP contribution in [-0.2, 0) is 21.1 Å². The number of pyridine rings is 3. The van der Waals surface area contributed by atoms with E-state index in [-0.39, 0.29) is 22.3 Å². The van der Waals surface area contributed by atoms with Gasteiger partial charge in [-0.1, -0.05) is 217 Å². The lowest BCUT2D eigenvalue weighted by molar-refractivity contribution is -0.659. The smallest absolute Gasteiger partial charge is 0.200 e. The van der Waals surface area contributed by atoms with Crippen LogP contribution in [0.2, 0.25) is 0 Å². The number of nitrogens with zero attached hydrogens (tertiary/aromatic N) is 3. The molecule has 0 atom stereocenters. The van der Waals surface area contributed by atoms with Gasteiger partial charge in [0.2, 0.25) is 17.1 Å². The zero-order chi connectivity index (χ0) is 63.2. The van der Waals surface area contributed by atoms with Gasteiger partial charge in [-0.05, 0) is 136 Å². The van der Waals surface area contributed by atoms with Gasteiger partial charge in [0.25, 0.3) is 0 Å². The molecule has 16 aromatic rings. The number of hydrogen-bond donors (Lipinski definition) is 0. The van der Waals surface area contributed by atoms with Gasteiger partial charge in [0.1, 0.15) is 21.1 Å². The van der Waals surface area contributed by atoms with Crippen molar-refractivity contribution in [3.05, 3.63) is 259 Å². The molecule has 0 N–H and O–H groups in total. The Morgan fingerprint density at radius 3 is 1.32 bits per heavy atom. The highest BCUT2D eigenvalue weighted by atomic mass is 32.1. The molecule has 0 bridgehead atoms. The van der Waals surface area contributed by atoms with Crippen molar-refractivity contribution < 1.29 is 19.2 Å². The maximum absolute atomic E-state index is 9.03. The standard InChI is InChI=1S/C29H28NS.C29H22NS.C24H20NS.3CH4/c2*1-19-8-6-7-11-23(19)27-17-28-26(18-30(27)2)25-15-13-22-16-21(20-9-4-3-5-10-20)12-14-24(22)29(25)31-28;1-15-8-10-18(16(2)12-15)22-13-23-21(14-25(22)3)20-11-9-17-6-4-5-7-19(17)24(20)26-23;;;/h6-8,11-18,20H,3-5,9-10H2,1-2H3;3-18H,1-2H3;4-14H,1-3H3;3*1H4/q3*+1;;;/i20D;;1D3;;;. The predicted octanol–water partition coefficient (Wildman–Crippen LogP) is 24.0. The SMILES string of the molecule is C.C.C.Cc1ccccc1-c1cc2sc3c4ccc(-c5ccccc5)cc4ccc3c2c[n+]1C.[2H]C([2H])([2H])c1ccc(-c2cc3sc4c5ccccc5ccc4c3c[n+]2C)c(C)c1.[2H]C1(c2ccc3c(ccc4c5c[n+](C)c(-c6ccccc6C)cc5sc34)c2)CCCCC1. The van der Waals surface area contributed by atoms with Gasteiger partial charge in [-0.3, -0.25) is 0 Å². The number of benzene rings is 10. The molecule has 0 unspecified atom stereocenters. The van der Waals surface area contributed by atoms with E-state index >= 15 is 0 Å². The molecule has 1 saturated carbocycles. The summed E-state index contributed by atoms with van der Waals surface area (Å²) in [7, 11) is 6.35. The first-order valence-corrected chi connectivity index (χ1v) is 33.1. The van der Waals surface area contributed by atoms with Crippen LogP contribution in [0.1, 0.15) is 93.6 Å². The molecule has 3 nitrogen and oxygen atoms in total. The Balaban J connectivity index is 0.000000135. The molecule has 1 aliphatic carbocycles. The molecule has 0 saturated heterocycles. The molecule has 91 heavy (non-hydrogen) atoms. The summed E-state index contributed by atoms with van der Waals surface area (Å²) in [6.45, 7) is 4.26. The van der Waals surface area contributed by atoms with Gasteiger partial charge in [-0.15, -0.1) is 34.0 Å². The minimum absolute atomic E-state index is 0. The molecule has 6 heterocycles. The van der Waals surface area contributed by atoms with Crippen LogP contribution in [0.5, 0.6) is 0 Å². The Bertz CT molecular complexity index is 5600. The molecule has 17 rings (SSSR count). The molecule has 6 heteroatoms. The summed E-state index contributed by atoms with van der Waals surface area (Å²) in [4.78, 5) is 0. The summed E-state index contributed by atoms with van der Waals surface area (Å²) in [6.07, 6.45) is 12.4. The fraction of sp³-hybridized carbons (Fsp3) is 0.188. The van der Waals surface area contributed by atoms with Crippen LogP contribution in [0.4, 0.5) is 0 Å². The van der Waals surface area contributed by atoms with Gasteiger partial charge >= 0.3 is 0 Å². The molecule has 0 radical (unpaired) electrons. The Kier molecular flexibility index (Phi) is 16.2. The molecule has 1 aliphatic rings. The average molecular weight is 1250 g/mol. The van der Waals surface area contributed by atoms with E-state index in [2.05, 4.69) is 261 Å². The summed E-state index contributed by atoms with van der Waals surface area (Å²) in [5, 5.41) is 15.6. The quantitative estimate of drug-likeness (QED) is 0.152. The number of aryl methyl sites for hydroxylation is 7. The Morgan fingerprint density at radius 1 is 0.363 bits per heavy atom. The van der Waals surface area contributed by atoms with Gasteiger partial charge in [0, 0.05) is 84.7 Å². The first-order chi connectivity index (χ1) is 44.5. The third-order valence-corrected chi connectivity index (χ3v) is 22.0. The van der Waals surface area contributed by atoms with E-state index in [1.54, 1.807) is 12.1 Å². The van der Waals surface area contributed by atoms with Crippen molar-refractivity contribution in [2.75, 3.05) is 0 Å². The third-order valence-electron chi connectivity index (χ3n) is 18.4. The van der Waals surface area contributed by atoms with Gasteiger partial charge in [-0.2, -0.15) is 0 Å². The molecular weight excluding hydrogens is 1160 g/mol. The molecule has 0 aliphatic heterocycles. The van der Waals surface area contributed by atoms with Gasteiger partial charge < -0.3 is 0 Å². The second-order valence-corrected chi connectivity index (χ2v) is 27.2. The lowest BCUT2D eigenvalue weighted by atomic mass is 9.83. The highest BCUT2D eigenvalue weighted by Crippen LogP contribution is 2.44. The van der Waals surface area contributed by atoms with Crippen molar-refractivity contribution in [2.45, 2.75) is 87.9 Å². The van der Waals surface area contributed by atoms with Crippen LogP contribution in [0, 0.1) is 27.6 Å². The molecular formula is C85H82N3S3+3. The minimum Gasteiger partial charge on any atom is -0.200 e. The normalized spacial score (nSPS) is 13.6. The second kappa shape index (κ2) is 25.8. The van der Waals surface area contributed by atoms with Crippen molar-refractivity contribution in [2.24, 2.45) is 21.1 Å². The monoisotopic (exact) mass is 1240 g/mol. The fourth-order valence-electron chi connectivity index (χ4n) is 13.7. The molecule has 6 aromatic heterocycles. The second-order valence-electron chi connectivity index (χ2n) is 24.1. The number of aromatic nitrogens is 3. The van der Waals surface area contributed by atoms with Gasteiger partial charge in [0.05, 0.1) is 16.2 Å². The zero-order valence-electron chi connectivity index (χ0n) is 54.5. The lowest BCUT2D eigenvalue weighted by Gasteiger charge is -2.22. The van der Waals surface area contributed by atoms with Crippen LogP contribution in [0.15, 0.2) is 231 Å². The zero-order valence-corrected chi connectivity index (χ0v) is 53.0. The van der Waals surface area contributed by atoms with Crippen molar-refractivity contribution in [1.82, 2.24) is 0 Å². The molecule has 0 amide bonds. The van der Waals surface area contributed by atoms with Crippen molar-refractivity contribution in [3.8, 4) is 44.9 Å². The minimum atomic E-state index is -2.08. The van der Waals surface area contributed by atoms with Crippen LogP contribution < -0.4 is 13.7 Å². The summed E-state index contributed by atoms with van der Waals surface area (Å²) in [5.41, 5.74) is 14.9. The van der Waals surface area contributed by atoms with Crippen molar-refractivity contribution in [3.63, 3.8) is 0 Å². The van der Waals surface area contributed by atoms with Gasteiger partial charge in [-0.25, -0.2) is 13.7 Å². The molecule has 1 fully saturated rings. The first-order valence-electron chi connectivity index (χ1n) is 32.7. The first kappa shape index (κ1) is 57.3. The summed E-state index contributed by atoms with van der Waals surface area (Å²) < 4.78 is 46.6. The fourth-order valence-corrected chi connectivity index (χ4v) is 17.4. The van der Waals surface area contributed by atoms with E-state index in [4.69, 9.17) is 5.48 Å². The van der Waals surface area contributed by atoms with Crippen LogP contribution in [-0.4, -0.2) is 0 Å². The van der Waals surface area contributed by atoms with E-state index in [1.165, 1.54) is 162 Å². The van der Waals surface area contributed by atoms with Crippen molar-refractivity contribution in [1.29, 1.82) is 0 Å². The largest absolute Gasteiger partial charge is 0.213 e. The van der Waals surface area contributed by atoms with Crippen molar-refractivity contribution >= 4 is 127 Å². The Labute approximate surface area is 555 Å². The number of hydrogen-bond acceptors (Lipinski definition) is 3. The van der Waals surface area contributed by atoms with E-state index in [0.29, 0.717) is 5.56 Å². The van der Waals surface area contributed by atoms with E-state index in [1.807, 2.05) is 47.0 Å². The summed E-state index contributed by atoms with van der Waals surface area (Å²) in [6, 6.07) is 75.9. The summed E-state index contributed by atoms with van der Waals surface area (Å²) >= 11 is 5.62. The van der Waals surface area contributed by atoms with E-state index < -0.39 is 12.7 Å². The maximum Gasteiger partial charge on any atom is 0.213 e. The van der Waals surface area contributed by atoms with Crippen LogP contribution in [0.3, 0.4) is 0 Å². The summed E-state index contributed by atoms with van der Waals surface area (Å²) in [5.74, 6) is -0.405. The average Bonchev–Trinajstić information content (AvgIpc) is 1.63. The third kappa shape index (κ3) is 11.5. The molecule has 0 spiro atoms. The van der Waals surface area contributed by atoms with Crippen LogP contribution in [0.25, 0.3) is 138 Å². The lowest BCUT2D eigenvalue weighted by Crippen LogP contribution is -2.30. The topological polar surface area (TPSA) is 11.6 Å². The van der Waals surface area contributed by atoms with E-state index in [0.717, 1.165) is 29.7 Å². The maximum atomic E-state index is 9.03. The Hall–Kier alpha value is -8.91. The van der Waals surface area contributed by atoms with Crippen LogP contribution >= 0.6 is 34.0 Å². The predicted molar refractivity (Wildman–Crippen MR) is 401 cm³/mol. The number of thiophene rings is 3. The number of rotatable bonds is 5. The molecule has 452 valence electrons. The molecule has 10 aromatic carbocycles. The highest BCUT2D eigenvalue weighted by Gasteiger charge is 2.23. The van der Waals surface area contributed by atoms with E-state index in [9.17, 15) is 0 Å². The Morgan fingerprint density at radius 2 is 0.802 bits per heavy atom. The van der Waals surface area contributed by atoms with Gasteiger partial charge in [0.15, 0.2) is 18.6 Å². The highest BCUT2D eigenvalue weighted by molar-refractivity contribution is 7.27.